The minimum Gasteiger partial charge on any atom is -0.381 e. The lowest BCUT2D eigenvalue weighted by Gasteiger charge is -2.29. The summed E-state index contributed by atoms with van der Waals surface area (Å²) in [5, 5.41) is 3.83. The van der Waals surface area contributed by atoms with Crippen molar-refractivity contribution in [3.8, 4) is 0 Å². The summed E-state index contributed by atoms with van der Waals surface area (Å²) in [4.78, 5) is 11.0. The fourth-order valence-electron chi connectivity index (χ4n) is 3.12. The molecule has 1 aliphatic rings. The Bertz CT molecular complexity index is 864. The van der Waals surface area contributed by atoms with Gasteiger partial charge in [0.2, 0.25) is 0 Å². The number of rotatable bonds is 4. The minimum atomic E-state index is 0.490. The predicted molar refractivity (Wildman–Crippen MR) is 102 cm³/mol. The zero-order valence-corrected chi connectivity index (χ0v) is 14.6. The average molecular weight is 351 g/mol. The lowest BCUT2D eigenvalue weighted by molar-refractivity contribution is 0.720. The second-order valence-corrected chi connectivity index (χ2v) is 6.57. The molecular weight excluding hydrogens is 332 g/mol. The van der Waals surface area contributed by atoms with E-state index in [1.165, 1.54) is 11.1 Å². The first-order valence-electron chi connectivity index (χ1n) is 8.40. The van der Waals surface area contributed by atoms with Gasteiger partial charge in [-0.2, -0.15) is 0 Å². The van der Waals surface area contributed by atoms with Gasteiger partial charge < -0.3 is 10.2 Å². The highest BCUT2D eigenvalue weighted by Crippen LogP contribution is 2.23. The number of nitrogens with zero attached hydrogens (tertiary/aromatic N) is 3. The van der Waals surface area contributed by atoms with E-state index in [-0.39, 0.29) is 0 Å². The highest BCUT2D eigenvalue weighted by Gasteiger charge is 2.16. The molecule has 0 aliphatic carbocycles. The highest BCUT2D eigenvalue weighted by molar-refractivity contribution is 6.29. The van der Waals surface area contributed by atoms with E-state index >= 15 is 0 Å². The number of fused-ring (bicyclic) bond motifs is 1. The molecule has 0 spiro atoms. The van der Waals surface area contributed by atoms with Crippen molar-refractivity contribution in [1.29, 1.82) is 0 Å². The number of benzene rings is 1. The molecule has 126 valence electrons. The average Bonchev–Trinajstić information content (AvgIpc) is 2.66. The molecule has 1 N–H and O–H groups in total. The first-order chi connectivity index (χ1) is 12.3. The smallest absolute Gasteiger partial charge is 0.131 e. The molecule has 2 aromatic heterocycles. The molecule has 3 aromatic rings. The van der Waals surface area contributed by atoms with Gasteiger partial charge in [-0.1, -0.05) is 41.9 Å². The molecule has 4 nitrogen and oxygen atoms in total. The summed E-state index contributed by atoms with van der Waals surface area (Å²) in [7, 11) is 0. The molecule has 0 atom stereocenters. The van der Waals surface area contributed by atoms with Gasteiger partial charge in [0, 0.05) is 37.7 Å². The van der Waals surface area contributed by atoms with Crippen LogP contribution in [0.1, 0.15) is 16.7 Å². The van der Waals surface area contributed by atoms with Gasteiger partial charge in [0.1, 0.15) is 11.0 Å². The van der Waals surface area contributed by atoms with Gasteiger partial charge in [0.05, 0.1) is 0 Å². The van der Waals surface area contributed by atoms with E-state index in [1.54, 1.807) is 6.20 Å². The fraction of sp³-hybridized carbons (Fsp3) is 0.200. The van der Waals surface area contributed by atoms with E-state index in [9.17, 15) is 0 Å². The van der Waals surface area contributed by atoms with Gasteiger partial charge >= 0.3 is 0 Å². The molecule has 5 heteroatoms. The van der Waals surface area contributed by atoms with Crippen LogP contribution < -0.4 is 10.2 Å². The molecule has 0 bridgehead atoms. The second kappa shape index (κ2) is 7.11. The van der Waals surface area contributed by atoms with Crippen LogP contribution in [-0.4, -0.2) is 16.5 Å². The van der Waals surface area contributed by atoms with Crippen molar-refractivity contribution < 1.29 is 0 Å². The second-order valence-electron chi connectivity index (χ2n) is 6.19. The molecule has 3 heterocycles. The number of hydrogen-bond donors (Lipinski definition) is 1. The van der Waals surface area contributed by atoms with Gasteiger partial charge in [-0.25, -0.2) is 9.97 Å². The number of nitrogens with one attached hydrogen (secondary N) is 1. The maximum absolute atomic E-state index is 5.90. The Balaban J connectivity index is 1.40. The Hall–Kier alpha value is -2.59. The Morgan fingerprint density at radius 2 is 1.92 bits per heavy atom. The van der Waals surface area contributed by atoms with E-state index in [0.29, 0.717) is 11.7 Å². The largest absolute Gasteiger partial charge is 0.381 e. The van der Waals surface area contributed by atoms with Crippen molar-refractivity contribution in [2.24, 2.45) is 0 Å². The Morgan fingerprint density at radius 1 is 1.04 bits per heavy atom. The monoisotopic (exact) mass is 350 g/mol. The zero-order valence-electron chi connectivity index (χ0n) is 13.8. The van der Waals surface area contributed by atoms with Crippen molar-refractivity contribution in [2.75, 3.05) is 16.8 Å². The van der Waals surface area contributed by atoms with Crippen LogP contribution in [0, 0.1) is 0 Å². The predicted octanol–water partition coefficient (Wildman–Crippen LogP) is 4.30. The number of pyridine rings is 2. The zero-order chi connectivity index (χ0) is 17.1. The van der Waals surface area contributed by atoms with Crippen LogP contribution in [0.15, 0.2) is 60.9 Å². The highest BCUT2D eigenvalue weighted by atomic mass is 35.5. The first kappa shape index (κ1) is 15.9. The van der Waals surface area contributed by atoms with Crippen molar-refractivity contribution in [2.45, 2.75) is 19.5 Å². The van der Waals surface area contributed by atoms with Crippen LogP contribution in [-0.2, 0) is 19.5 Å². The summed E-state index contributed by atoms with van der Waals surface area (Å²) in [5.41, 5.74) is 4.94. The van der Waals surface area contributed by atoms with Crippen LogP contribution in [0.3, 0.4) is 0 Å². The first-order valence-corrected chi connectivity index (χ1v) is 8.78. The lowest BCUT2D eigenvalue weighted by Crippen LogP contribution is -2.30. The van der Waals surface area contributed by atoms with Crippen molar-refractivity contribution in [3.05, 3.63) is 82.8 Å². The van der Waals surface area contributed by atoms with E-state index in [1.807, 2.05) is 18.3 Å². The summed E-state index contributed by atoms with van der Waals surface area (Å²) in [5.74, 6) is 1.03. The quantitative estimate of drug-likeness (QED) is 0.712. The molecule has 0 saturated carbocycles. The topological polar surface area (TPSA) is 41.0 Å². The van der Waals surface area contributed by atoms with Crippen LogP contribution >= 0.6 is 11.6 Å². The molecule has 1 aliphatic heterocycles. The van der Waals surface area contributed by atoms with Gasteiger partial charge in [-0.15, -0.1) is 0 Å². The minimum absolute atomic E-state index is 0.490. The molecule has 1 aromatic carbocycles. The molecule has 0 saturated heterocycles. The third kappa shape index (κ3) is 3.74. The lowest BCUT2D eigenvalue weighted by atomic mass is 10.00. The summed E-state index contributed by atoms with van der Waals surface area (Å²) in [6, 6.07) is 16.6. The number of halogens is 1. The summed E-state index contributed by atoms with van der Waals surface area (Å²) in [6.07, 6.45) is 4.70. The molecule has 0 unspecified atom stereocenters. The molecule has 0 amide bonds. The van der Waals surface area contributed by atoms with E-state index in [4.69, 9.17) is 11.6 Å². The molecular formula is C20H19ClN4. The number of aromatic nitrogens is 2. The molecule has 4 rings (SSSR count). The molecule has 0 radical (unpaired) electrons. The van der Waals surface area contributed by atoms with Crippen molar-refractivity contribution in [3.63, 3.8) is 0 Å². The van der Waals surface area contributed by atoms with E-state index in [2.05, 4.69) is 56.6 Å². The van der Waals surface area contributed by atoms with Crippen LogP contribution in [0.5, 0.6) is 0 Å². The summed E-state index contributed by atoms with van der Waals surface area (Å²) in [6.45, 7) is 2.64. The van der Waals surface area contributed by atoms with Crippen molar-refractivity contribution in [1.82, 2.24) is 9.97 Å². The van der Waals surface area contributed by atoms with Crippen LogP contribution in [0.25, 0.3) is 0 Å². The maximum Gasteiger partial charge on any atom is 0.131 e. The number of hydrogen-bond acceptors (Lipinski definition) is 4. The normalized spacial score (nSPS) is 13.4. The van der Waals surface area contributed by atoms with Crippen LogP contribution in [0.2, 0.25) is 5.15 Å². The van der Waals surface area contributed by atoms with Gasteiger partial charge in [-0.3, -0.25) is 0 Å². The third-order valence-corrected chi connectivity index (χ3v) is 4.69. The van der Waals surface area contributed by atoms with Gasteiger partial charge in [-0.05, 0) is 41.3 Å². The fourth-order valence-corrected chi connectivity index (χ4v) is 3.29. The summed E-state index contributed by atoms with van der Waals surface area (Å²) < 4.78 is 0. The number of anilines is 2. The Labute approximate surface area is 152 Å². The standard InChI is InChI=1S/C20H19ClN4/c21-19-11-18(7-9-22-19)23-12-15-5-6-20(24-13-15)25-10-8-16-3-1-2-4-17(16)14-25/h1-7,9,11,13H,8,10,12,14H2,(H,22,23). The maximum atomic E-state index is 5.90. The SMILES string of the molecule is Clc1cc(NCc2ccc(N3CCc4ccccc4C3)nc2)ccn1. The van der Waals surface area contributed by atoms with E-state index < -0.39 is 0 Å². The van der Waals surface area contributed by atoms with Crippen molar-refractivity contribution >= 4 is 23.1 Å². The van der Waals surface area contributed by atoms with Crippen LogP contribution in [0.4, 0.5) is 11.5 Å². The van der Waals surface area contributed by atoms with Gasteiger partial charge in [0.25, 0.3) is 0 Å². The third-order valence-electron chi connectivity index (χ3n) is 4.49. The summed E-state index contributed by atoms with van der Waals surface area (Å²) >= 11 is 5.90. The molecule has 25 heavy (non-hydrogen) atoms. The Kier molecular flexibility index (Phi) is 4.53. The van der Waals surface area contributed by atoms with E-state index in [0.717, 1.165) is 36.6 Å². The Morgan fingerprint density at radius 3 is 2.72 bits per heavy atom. The molecule has 0 fully saturated rings. The van der Waals surface area contributed by atoms with Gasteiger partial charge in [0.15, 0.2) is 0 Å².